The van der Waals surface area contributed by atoms with Crippen LogP contribution in [0.4, 0.5) is 5.69 Å². The van der Waals surface area contributed by atoms with Gasteiger partial charge in [0, 0.05) is 12.2 Å². The normalized spacial score (nSPS) is 13.5. The Kier molecular flexibility index (Phi) is 4.54. The fourth-order valence-corrected chi connectivity index (χ4v) is 1.81. The summed E-state index contributed by atoms with van der Waals surface area (Å²) in [5.74, 6) is 0. The highest BCUT2D eigenvalue weighted by molar-refractivity contribution is 5.59. The first-order valence-electron chi connectivity index (χ1n) is 5.99. The molecule has 0 radical (unpaired) electrons. The van der Waals surface area contributed by atoms with Crippen LogP contribution in [0.1, 0.15) is 31.9 Å². The lowest BCUT2D eigenvalue weighted by Gasteiger charge is -2.25. The van der Waals surface area contributed by atoms with Crippen molar-refractivity contribution in [3.8, 4) is 0 Å². The molecule has 3 N–H and O–H groups in total. The minimum atomic E-state index is -0.720. The Bertz CT molecular complexity index is 369. The van der Waals surface area contributed by atoms with Gasteiger partial charge >= 0.3 is 0 Å². The predicted octanol–water partition coefficient (Wildman–Crippen LogP) is 2.06. The molecule has 0 aliphatic heterocycles. The summed E-state index contributed by atoms with van der Waals surface area (Å²) in [7, 11) is 0. The first-order valence-corrected chi connectivity index (χ1v) is 5.99. The second-order valence-corrected chi connectivity index (χ2v) is 5.46. The standard InChI is InChI=1S/C14H23NO2/c1-10-6-5-7-12(14(2,3)4)13(10)15-8-11(17)9-16/h5-7,11,15-17H,8-9H2,1-4H3. The average Bonchev–Trinajstić information content (AvgIpc) is 2.25. The Morgan fingerprint density at radius 3 is 2.47 bits per heavy atom. The molecule has 1 atom stereocenters. The Morgan fingerprint density at radius 2 is 1.94 bits per heavy atom. The summed E-state index contributed by atoms with van der Waals surface area (Å²) in [5.41, 5.74) is 3.50. The van der Waals surface area contributed by atoms with Crippen molar-refractivity contribution in [2.24, 2.45) is 0 Å². The number of para-hydroxylation sites is 1. The second-order valence-electron chi connectivity index (χ2n) is 5.46. The molecule has 0 fully saturated rings. The molecule has 3 heteroatoms. The minimum absolute atomic E-state index is 0.0541. The number of aliphatic hydroxyl groups excluding tert-OH is 2. The van der Waals surface area contributed by atoms with E-state index in [1.807, 2.05) is 19.1 Å². The molecule has 1 rings (SSSR count). The lowest BCUT2D eigenvalue weighted by molar-refractivity contribution is 0.105. The molecule has 0 saturated carbocycles. The third-order valence-electron chi connectivity index (χ3n) is 2.81. The zero-order valence-electron chi connectivity index (χ0n) is 11.1. The van der Waals surface area contributed by atoms with E-state index in [0.717, 1.165) is 11.3 Å². The molecule has 0 heterocycles. The Labute approximate surface area is 103 Å². The van der Waals surface area contributed by atoms with Crippen molar-refractivity contribution >= 4 is 5.69 Å². The molecular weight excluding hydrogens is 214 g/mol. The summed E-state index contributed by atoms with van der Waals surface area (Å²) >= 11 is 0. The molecule has 1 unspecified atom stereocenters. The van der Waals surface area contributed by atoms with Crippen LogP contribution in [0.15, 0.2) is 18.2 Å². The van der Waals surface area contributed by atoms with Gasteiger partial charge < -0.3 is 15.5 Å². The van der Waals surface area contributed by atoms with E-state index in [0.29, 0.717) is 6.54 Å². The van der Waals surface area contributed by atoms with Crippen LogP contribution in [0, 0.1) is 6.92 Å². The number of anilines is 1. The van der Waals surface area contributed by atoms with Gasteiger partial charge in [0.1, 0.15) is 0 Å². The molecule has 96 valence electrons. The van der Waals surface area contributed by atoms with Crippen LogP contribution in [0.3, 0.4) is 0 Å². The predicted molar refractivity (Wildman–Crippen MR) is 71.5 cm³/mol. The maximum Gasteiger partial charge on any atom is 0.0942 e. The van der Waals surface area contributed by atoms with E-state index >= 15 is 0 Å². The number of benzene rings is 1. The van der Waals surface area contributed by atoms with E-state index < -0.39 is 6.10 Å². The first kappa shape index (κ1) is 14.0. The van der Waals surface area contributed by atoms with Gasteiger partial charge in [0.2, 0.25) is 0 Å². The Balaban J connectivity index is 2.96. The molecule has 1 aromatic rings. The van der Waals surface area contributed by atoms with Crippen LogP contribution in [0.25, 0.3) is 0 Å². The smallest absolute Gasteiger partial charge is 0.0942 e. The largest absolute Gasteiger partial charge is 0.394 e. The molecule has 0 amide bonds. The molecule has 0 spiro atoms. The Morgan fingerprint density at radius 1 is 1.29 bits per heavy atom. The van der Waals surface area contributed by atoms with E-state index in [2.05, 4.69) is 32.2 Å². The lowest BCUT2D eigenvalue weighted by Crippen LogP contribution is -2.25. The van der Waals surface area contributed by atoms with Crippen LogP contribution in [-0.2, 0) is 5.41 Å². The zero-order chi connectivity index (χ0) is 13.1. The fraction of sp³-hybridized carbons (Fsp3) is 0.571. The lowest BCUT2D eigenvalue weighted by atomic mass is 9.84. The summed E-state index contributed by atoms with van der Waals surface area (Å²) in [6.07, 6.45) is -0.720. The number of hydrogen-bond donors (Lipinski definition) is 3. The third kappa shape index (κ3) is 3.72. The van der Waals surface area contributed by atoms with E-state index in [9.17, 15) is 5.11 Å². The maximum atomic E-state index is 9.39. The molecule has 0 bridgehead atoms. The van der Waals surface area contributed by atoms with Gasteiger partial charge in [-0.2, -0.15) is 0 Å². The highest BCUT2D eigenvalue weighted by Crippen LogP contribution is 2.31. The summed E-state index contributed by atoms with van der Waals surface area (Å²) in [4.78, 5) is 0. The van der Waals surface area contributed by atoms with Crippen molar-refractivity contribution < 1.29 is 10.2 Å². The van der Waals surface area contributed by atoms with E-state index in [4.69, 9.17) is 5.11 Å². The number of hydrogen-bond acceptors (Lipinski definition) is 3. The first-order chi connectivity index (χ1) is 7.86. The van der Waals surface area contributed by atoms with Gasteiger partial charge in [0.15, 0.2) is 0 Å². The fourth-order valence-electron chi connectivity index (χ4n) is 1.81. The third-order valence-corrected chi connectivity index (χ3v) is 2.81. The van der Waals surface area contributed by atoms with Crippen LogP contribution in [-0.4, -0.2) is 29.5 Å². The monoisotopic (exact) mass is 237 g/mol. The average molecular weight is 237 g/mol. The van der Waals surface area contributed by atoms with E-state index in [1.54, 1.807) is 0 Å². The van der Waals surface area contributed by atoms with Crippen molar-refractivity contribution in [1.29, 1.82) is 0 Å². The Hall–Kier alpha value is -1.06. The molecule has 17 heavy (non-hydrogen) atoms. The quantitative estimate of drug-likeness (QED) is 0.751. The number of nitrogens with one attached hydrogen (secondary N) is 1. The molecule has 0 aliphatic rings. The van der Waals surface area contributed by atoms with Crippen molar-refractivity contribution in [3.63, 3.8) is 0 Å². The summed E-state index contributed by atoms with van der Waals surface area (Å²) in [6, 6.07) is 6.19. The number of aryl methyl sites for hydroxylation is 1. The second kappa shape index (κ2) is 5.52. The SMILES string of the molecule is Cc1cccc(C(C)(C)C)c1NCC(O)CO. The molecule has 0 saturated heterocycles. The van der Waals surface area contributed by atoms with Gasteiger partial charge in [-0.05, 0) is 23.5 Å². The molecule has 0 aliphatic carbocycles. The van der Waals surface area contributed by atoms with Gasteiger partial charge in [-0.25, -0.2) is 0 Å². The van der Waals surface area contributed by atoms with E-state index in [-0.39, 0.29) is 12.0 Å². The molecule has 1 aromatic carbocycles. The number of aliphatic hydroxyl groups is 2. The van der Waals surface area contributed by atoms with Gasteiger partial charge in [-0.1, -0.05) is 39.0 Å². The van der Waals surface area contributed by atoms with Crippen molar-refractivity contribution in [1.82, 2.24) is 0 Å². The summed E-state index contributed by atoms with van der Waals surface area (Å²) < 4.78 is 0. The van der Waals surface area contributed by atoms with Gasteiger partial charge in [-0.3, -0.25) is 0 Å². The molecule has 0 aromatic heterocycles. The topological polar surface area (TPSA) is 52.5 Å². The van der Waals surface area contributed by atoms with Gasteiger partial charge in [0.05, 0.1) is 12.7 Å². The minimum Gasteiger partial charge on any atom is -0.394 e. The van der Waals surface area contributed by atoms with Crippen LogP contribution < -0.4 is 5.32 Å². The van der Waals surface area contributed by atoms with Gasteiger partial charge in [0.25, 0.3) is 0 Å². The highest BCUT2D eigenvalue weighted by atomic mass is 16.3. The van der Waals surface area contributed by atoms with E-state index in [1.165, 1.54) is 5.56 Å². The molecule has 3 nitrogen and oxygen atoms in total. The maximum absolute atomic E-state index is 9.39. The summed E-state index contributed by atoms with van der Waals surface area (Å²) in [6.45, 7) is 8.68. The van der Waals surface area contributed by atoms with Gasteiger partial charge in [-0.15, -0.1) is 0 Å². The van der Waals surface area contributed by atoms with Crippen molar-refractivity contribution in [2.75, 3.05) is 18.5 Å². The summed E-state index contributed by atoms with van der Waals surface area (Å²) in [5, 5.41) is 21.4. The number of rotatable bonds is 4. The molecular formula is C14H23NO2. The zero-order valence-corrected chi connectivity index (χ0v) is 11.1. The van der Waals surface area contributed by atoms with Crippen molar-refractivity contribution in [2.45, 2.75) is 39.2 Å². The highest BCUT2D eigenvalue weighted by Gasteiger charge is 2.19. The van der Waals surface area contributed by atoms with Crippen LogP contribution in [0.2, 0.25) is 0 Å². The van der Waals surface area contributed by atoms with Crippen molar-refractivity contribution in [3.05, 3.63) is 29.3 Å². The van der Waals surface area contributed by atoms with Crippen LogP contribution in [0.5, 0.6) is 0 Å². The van der Waals surface area contributed by atoms with Crippen LogP contribution >= 0.6 is 0 Å².